The van der Waals surface area contributed by atoms with Crippen molar-refractivity contribution in [3.8, 4) is 5.75 Å². The number of piperazine rings is 1. The fourth-order valence-corrected chi connectivity index (χ4v) is 4.29. The van der Waals surface area contributed by atoms with E-state index in [0.29, 0.717) is 13.1 Å². The number of nitrogens with zero attached hydrogens (tertiary/aromatic N) is 4. The van der Waals surface area contributed by atoms with Crippen LogP contribution in [0.15, 0.2) is 29.1 Å². The summed E-state index contributed by atoms with van der Waals surface area (Å²) in [6, 6.07) is 7.02. The molecular formula is C20H27N5O5S. The summed E-state index contributed by atoms with van der Waals surface area (Å²) < 4.78 is 26.5. The van der Waals surface area contributed by atoms with Crippen LogP contribution < -0.4 is 10.9 Å². The molecule has 3 rings (SSSR count). The lowest BCUT2D eigenvalue weighted by Crippen LogP contribution is -2.50. The van der Waals surface area contributed by atoms with E-state index in [2.05, 4.69) is 10.3 Å². The zero-order valence-corrected chi connectivity index (χ0v) is 18.8. The van der Waals surface area contributed by atoms with Gasteiger partial charge in [-0.05, 0) is 19.5 Å². The first-order chi connectivity index (χ1) is 14.5. The second kappa shape index (κ2) is 8.77. The number of likely N-dealkylation sites (N-methyl/N-ethyl adjacent to an activating group) is 1. The molecule has 1 amide bonds. The molecule has 1 aromatic heterocycles. The predicted octanol–water partition coefficient (Wildman–Crippen LogP) is -0.0276. The van der Waals surface area contributed by atoms with Crippen LogP contribution in [0.1, 0.15) is 33.5 Å². The van der Waals surface area contributed by atoms with Crippen molar-refractivity contribution >= 4 is 15.9 Å². The standard InChI is InChI=1S/C20H27N5O5S/c1-13-5-7-14(8-6-13)11-21-19(27)16-17(26)20(28)24(3)18(22-16)15-12-25(31(4,29)30)10-9-23(15)2/h5-8,15,26H,9-12H2,1-4H3,(H,21,27)/t15-/m1/s1. The maximum atomic E-state index is 12.7. The molecule has 1 aliphatic rings. The number of nitrogens with one attached hydrogen (secondary N) is 1. The van der Waals surface area contributed by atoms with E-state index in [9.17, 15) is 23.1 Å². The number of carbonyl (C=O) groups is 1. The highest BCUT2D eigenvalue weighted by Gasteiger charge is 2.34. The average molecular weight is 450 g/mol. The van der Waals surface area contributed by atoms with Crippen molar-refractivity contribution in [2.24, 2.45) is 7.05 Å². The Labute approximate surface area is 181 Å². The van der Waals surface area contributed by atoms with Crippen molar-refractivity contribution in [2.45, 2.75) is 19.5 Å². The summed E-state index contributed by atoms with van der Waals surface area (Å²) in [5.74, 6) is -1.22. The highest BCUT2D eigenvalue weighted by atomic mass is 32.2. The number of benzene rings is 1. The molecule has 168 valence electrons. The SMILES string of the molecule is Cc1ccc(CNC(=O)c2nc([C@H]3CN(S(C)(=O)=O)CCN3C)n(C)c(=O)c2O)cc1. The zero-order chi connectivity index (χ0) is 22.9. The van der Waals surface area contributed by atoms with Gasteiger partial charge in [-0.3, -0.25) is 19.1 Å². The third kappa shape index (κ3) is 4.94. The van der Waals surface area contributed by atoms with Crippen LogP contribution in [0.5, 0.6) is 5.75 Å². The molecule has 0 saturated carbocycles. The van der Waals surface area contributed by atoms with Crippen LogP contribution in [0.25, 0.3) is 0 Å². The zero-order valence-electron chi connectivity index (χ0n) is 18.0. The van der Waals surface area contributed by atoms with E-state index in [1.165, 1.54) is 11.4 Å². The summed E-state index contributed by atoms with van der Waals surface area (Å²) in [7, 11) is -0.199. The number of rotatable bonds is 5. The van der Waals surface area contributed by atoms with Crippen molar-refractivity contribution in [1.82, 2.24) is 24.1 Å². The number of aromatic nitrogens is 2. The summed E-state index contributed by atoms with van der Waals surface area (Å²) in [5.41, 5.74) is 0.800. The molecule has 0 bridgehead atoms. The molecule has 1 fully saturated rings. The number of aromatic hydroxyl groups is 1. The van der Waals surface area contributed by atoms with Crippen LogP contribution in [0.2, 0.25) is 0 Å². The number of hydrogen-bond donors (Lipinski definition) is 2. The van der Waals surface area contributed by atoms with E-state index in [-0.39, 0.29) is 24.6 Å². The lowest BCUT2D eigenvalue weighted by molar-refractivity contribution is 0.0938. The normalized spacial score (nSPS) is 18.1. The van der Waals surface area contributed by atoms with Gasteiger partial charge < -0.3 is 10.4 Å². The second-order valence-corrected chi connectivity index (χ2v) is 9.80. The Hall–Kier alpha value is -2.76. The Morgan fingerprint density at radius 1 is 1.23 bits per heavy atom. The smallest absolute Gasteiger partial charge is 0.296 e. The summed E-state index contributed by atoms with van der Waals surface area (Å²) in [4.78, 5) is 31.5. The van der Waals surface area contributed by atoms with Gasteiger partial charge in [0, 0.05) is 33.2 Å². The molecular weight excluding hydrogens is 422 g/mol. The Morgan fingerprint density at radius 2 is 1.87 bits per heavy atom. The molecule has 2 aromatic rings. The van der Waals surface area contributed by atoms with Crippen LogP contribution in [-0.4, -0.2) is 71.1 Å². The largest absolute Gasteiger partial charge is 0.501 e. The molecule has 0 aliphatic carbocycles. The Balaban J connectivity index is 1.91. The van der Waals surface area contributed by atoms with E-state index in [4.69, 9.17) is 0 Å². The first kappa shape index (κ1) is 22.9. The second-order valence-electron chi connectivity index (χ2n) is 7.82. The first-order valence-corrected chi connectivity index (χ1v) is 11.6. The maximum absolute atomic E-state index is 12.7. The number of aryl methyl sites for hydroxylation is 1. The Morgan fingerprint density at radius 3 is 2.48 bits per heavy atom. The quantitative estimate of drug-likeness (QED) is 0.657. The van der Waals surface area contributed by atoms with E-state index in [1.807, 2.05) is 36.1 Å². The van der Waals surface area contributed by atoms with Crippen LogP contribution >= 0.6 is 0 Å². The van der Waals surface area contributed by atoms with Gasteiger partial charge in [-0.2, -0.15) is 4.31 Å². The Kier molecular flexibility index (Phi) is 6.48. The summed E-state index contributed by atoms with van der Waals surface area (Å²) in [6.07, 6.45) is 1.13. The van der Waals surface area contributed by atoms with E-state index in [0.717, 1.165) is 21.9 Å². The molecule has 0 spiro atoms. The van der Waals surface area contributed by atoms with Gasteiger partial charge in [0.15, 0.2) is 5.69 Å². The van der Waals surface area contributed by atoms with Crippen molar-refractivity contribution in [3.05, 3.63) is 57.3 Å². The third-order valence-corrected chi connectivity index (χ3v) is 6.74. The van der Waals surface area contributed by atoms with Gasteiger partial charge in [-0.15, -0.1) is 0 Å². The van der Waals surface area contributed by atoms with Crippen molar-refractivity contribution < 1.29 is 18.3 Å². The van der Waals surface area contributed by atoms with Gasteiger partial charge in [0.25, 0.3) is 11.5 Å². The van der Waals surface area contributed by atoms with E-state index in [1.54, 1.807) is 7.05 Å². The molecule has 31 heavy (non-hydrogen) atoms. The highest BCUT2D eigenvalue weighted by molar-refractivity contribution is 7.88. The number of hydrogen-bond acceptors (Lipinski definition) is 7. The Bertz CT molecular complexity index is 1140. The van der Waals surface area contributed by atoms with Crippen LogP contribution in [0.3, 0.4) is 0 Å². The van der Waals surface area contributed by atoms with E-state index >= 15 is 0 Å². The third-order valence-electron chi connectivity index (χ3n) is 5.47. The van der Waals surface area contributed by atoms with Crippen molar-refractivity contribution in [3.63, 3.8) is 0 Å². The molecule has 1 saturated heterocycles. The fraction of sp³-hybridized carbons (Fsp3) is 0.450. The summed E-state index contributed by atoms with van der Waals surface area (Å²) in [5, 5.41) is 12.9. The maximum Gasteiger partial charge on any atom is 0.296 e. The lowest BCUT2D eigenvalue weighted by Gasteiger charge is -2.38. The molecule has 0 radical (unpaired) electrons. The van der Waals surface area contributed by atoms with Gasteiger partial charge in [0.2, 0.25) is 15.8 Å². The lowest BCUT2D eigenvalue weighted by atomic mass is 10.1. The van der Waals surface area contributed by atoms with Gasteiger partial charge in [0.05, 0.1) is 12.3 Å². The predicted molar refractivity (Wildman–Crippen MR) is 115 cm³/mol. The molecule has 10 nitrogen and oxygen atoms in total. The van der Waals surface area contributed by atoms with Gasteiger partial charge in [-0.25, -0.2) is 13.4 Å². The first-order valence-electron chi connectivity index (χ1n) is 9.78. The van der Waals surface area contributed by atoms with Gasteiger partial charge in [0.1, 0.15) is 5.82 Å². The minimum atomic E-state index is -3.43. The fourth-order valence-electron chi connectivity index (χ4n) is 3.46. The van der Waals surface area contributed by atoms with Gasteiger partial charge in [-0.1, -0.05) is 29.8 Å². The number of sulfonamides is 1. The summed E-state index contributed by atoms with van der Waals surface area (Å²) >= 11 is 0. The molecule has 0 unspecified atom stereocenters. The monoisotopic (exact) mass is 449 g/mol. The summed E-state index contributed by atoms with van der Waals surface area (Å²) in [6.45, 7) is 3.00. The van der Waals surface area contributed by atoms with Crippen molar-refractivity contribution in [2.75, 3.05) is 32.9 Å². The molecule has 2 heterocycles. The van der Waals surface area contributed by atoms with E-state index < -0.39 is 33.3 Å². The highest BCUT2D eigenvalue weighted by Crippen LogP contribution is 2.24. The van der Waals surface area contributed by atoms with Crippen molar-refractivity contribution in [1.29, 1.82) is 0 Å². The minimum absolute atomic E-state index is 0.0881. The molecule has 11 heteroatoms. The van der Waals surface area contributed by atoms with Crippen LogP contribution in [-0.2, 0) is 23.6 Å². The van der Waals surface area contributed by atoms with Gasteiger partial charge >= 0.3 is 0 Å². The molecule has 1 atom stereocenters. The molecule has 1 aromatic carbocycles. The average Bonchev–Trinajstić information content (AvgIpc) is 2.71. The molecule has 1 aliphatic heterocycles. The number of amides is 1. The van der Waals surface area contributed by atoms with Crippen LogP contribution in [0.4, 0.5) is 0 Å². The minimum Gasteiger partial charge on any atom is -0.501 e. The number of carbonyl (C=O) groups excluding carboxylic acids is 1. The topological polar surface area (TPSA) is 125 Å². The molecule has 2 N–H and O–H groups in total. The van der Waals surface area contributed by atoms with Crippen LogP contribution in [0, 0.1) is 6.92 Å².